The van der Waals surface area contributed by atoms with Crippen LogP contribution in [0.4, 0.5) is 24.5 Å². The number of hydrogen-bond donors (Lipinski definition) is 2. The third-order valence-electron chi connectivity index (χ3n) is 3.63. The van der Waals surface area contributed by atoms with E-state index in [2.05, 4.69) is 11.9 Å². The molecular weight excluding hydrogens is 341 g/mol. The SMILES string of the molecule is C=C(CC(=O)Nc1cc(C(F)(F)F)ccc1N1CCOCC1)C(=O)O. The lowest BCUT2D eigenvalue weighted by atomic mass is 10.1. The van der Waals surface area contributed by atoms with Crippen LogP contribution in [0.3, 0.4) is 0 Å². The van der Waals surface area contributed by atoms with Gasteiger partial charge in [0.05, 0.1) is 36.6 Å². The Bertz CT molecular complexity index is 682. The van der Waals surface area contributed by atoms with Crippen LogP contribution in [0.1, 0.15) is 12.0 Å². The molecule has 1 aromatic rings. The van der Waals surface area contributed by atoms with E-state index < -0.39 is 30.0 Å². The van der Waals surface area contributed by atoms with Gasteiger partial charge in [-0.25, -0.2) is 4.79 Å². The smallest absolute Gasteiger partial charge is 0.416 e. The molecule has 1 amide bonds. The largest absolute Gasteiger partial charge is 0.478 e. The Morgan fingerprint density at radius 2 is 1.92 bits per heavy atom. The first-order valence-corrected chi connectivity index (χ1v) is 7.43. The van der Waals surface area contributed by atoms with Crippen molar-refractivity contribution in [2.24, 2.45) is 0 Å². The van der Waals surface area contributed by atoms with Crippen molar-refractivity contribution in [2.75, 3.05) is 36.5 Å². The summed E-state index contributed by atoms with van der Waals surface area (Å²) in [6.45, 7) is 5.02. The molecule has 0 radical (unpaired) electrons. The van der Waals surface area contributed by atoms with E-state index in [9.17, 15) is 22.8 Å². The molecule has 1 aliphatic heterocycles. The molecule has 0 atom stereocenters. The van der Waals surface area contributed by atoms with Gasteiger partial charge in [0.1, 0.15) is 0 Å². The van der Waals surface area contributed by atoms with Crippen LogP contribution in [0, 0.1) is 0 Å². The highest BCUT2D eigenvalue weighted by atomic mass is 19.4. The van der Waals surface area contributed by atoms with Crippen LogP contribution in [0.5, 0.6) is 0 Å². The minimum atomic E-state index is -4.56. The molecular formula is C16H17F3N2O4. The van der Waals surface area contributed by atoms with Gasteiger partial charge in [-0.2, -0.15) is 13.2 Å². The zero-order valence-electron chi connectivity index (χ0n) is 13.2. The van der Waals surface area contributed by atoms with E-state index in [1.165, 1.54) is 6.07 Å². The van der Waals surface area contributed by atoms with Gasteiger partial charge in [-0.3, -0.25) is 4.79 Å². The van der Waals surface area contributed by atoms with Crippen LogP contribution in [-0.2, 0) is 20.5 Å². The van der Waals surface area contributed by atoms with Crippen LogP contribution in [0.2, 0.25) is 0 Å². The Balaban J connectivity index is 2.29. The molecule has 0 aliphatic carbocycles. The molecule has 25 heavy (non-hydrogen) atoms. The highest BCUT2D eigenvalue weighted by Crippen LogP contribution is 2.35. The van der Waals surface area contributed by atoms with E-state index in [1.54, 1.807) is 4.90 Å². The number of ether oxygens (including phenoxy) is 1. The summed E-state index contributed by atoms with van der Waals surface area (Å²) in [5, 5.41) is 11.1. The van der Waals surface area contributed by atoms with E-state index in [4.69, 9.17) is 9.84 Å². The maximum atomic E-state index is 13.0. The number of alkyl halides is 3. The standard InChI is InChI=1S/C16H17F3N2O4/c1-10(15(23)24)8-14(22)20-12-9-11(16(17,18)19)2-3-13(12)21-4-6-25-7-5-21/h2-3,9H,1,4-8H2,(H,20,22)(H,23,24). The molecule has 136 valence electrons. The number of benzene rings is 1. The number of rotatable bonds is 5. The number of anilines is 2. The van der Waals surface area contributed by atoms with E-state index >= 15 is 0 Å². The molecule has 6 nitrogen and oxygen atoms in total. The van der Waals surface area contributed by atoms with Crippen molar-refractivity contribution < 1.29 is 32.6 Å². The minimum Gasteiger partial charge on any atom is -0.478 e. The molecule has 1 aliphatic rings. The fourth-order valence-corrected chi connectivity index (χ4v) is 2.36. The normalized spacial score (nSPS) is 14.9. The quantitative estimate of drug-likeness (QED) is 0.791. The number of hydrogen-bond acceptors (Lipinski definition) is 4. The van der Waals surface area contributed by atoms with Gasteiger partial charge in [-0.05, 0) is 18.2 Å². The lowest BCUT2D eigenvalue weighted by Crippen LogP contribution is -2.37. The van der Waals surface area contributed by atoms with Crippen LogP contribution in [0.15, 0.2) is 30.4 Å². The number of carbonyl (C=O) groups excluding carboxylic acids is 1. The Morgan fingerprint density at radius 3 is 2.48 bits per heavy atom. The predicted octanol–water partition coefficient (Wildman–Crippen LogP) is 2.51. The summed E-state index contributed by atoms with van der Waals surface area (Å²) in [6.07, 6.45) is -5.08. The molecule has 2 N–H and O–H groups in total. The van der Waals surface area contributed by atoms with Crippen LogP contribution in [0.25, 0.3) is 0 Å². The van der Waals surface area contributed by atoms with Crippen molar-refractivity contribution in [2.45, 2.75) is 12.6 Å². The highest BCUT2D eigenvalue weighted by Gasteiger charge is 2.32. The van der Waals surface area contributed by atoms with Crippen LogP contribution < -0.4 is 10.2 Å². The number of aliphatic carboxylic acids is 1. The molecule has 1 heterocycles. The molecule has 0 spiro atoms. The Morgan fingerprint density at radius 1 is 1.28 bits per heavy atom. The molecule has 2 rings (SSSR count). The van der Waals surface area contributed by atoms with Crippen molar-refractivity contribution in [3.63, 3.8) is 0 Å². The number of morpholine rings is 1. The number of carboxylic acids is 1. The summed E-state index contributed by atoms with van der Waals surface area (Å²) in [7, 11) is 0. The monoisotopic (exact) mass is 358 g/mol. The number of carbonyl (C=O) groups is 2. The van der Waals surface area contributed by atoms with Gasteiger partial charge in [0.15, 0.2) is 0 Å². The molecule has 0 unspecified atom stereocenters. The average molecular weight is 358 g/mol. The molecule has 1 saturated heterocycles. The van der Waals surface area contributed by atoms with Gasteiger partial charge < -0.3 is 20.1 Å². The fourth-order valence-electron chi connectivity index (χ4n) is 2.36. The van der Waals surface area contributed by atoms with Crippen molar-refractivity contribution in [1.29, 1.82) is 0 Å². The van der Waals surface area contributed by atoms with Crippen molar-refractivity contribution >= 4 is 23.3 Å². The topological polar surface area (TPSA) is 78.9 Å². The van der Waals surface area contributed by atoms with Crippen molar-refractivity contribution in [3.05, 3.63) is 35.9 Å². The molecule has 0 bridgehead atoms. The van der Waals surface area contributed by atoms with Crippen LogP contribution >= 0.6 is 0 Å². The number of nitrogens with one attached hydrogen (secondary N) is 1. The average Bonchev–Trinajstić information content (AvgIpc) is 2.54. The van der Waals surface area contributed by atoms with Gasteiger partial charge in [-0.15, -0.1) is 0 Å². The van der Waals surface area contributed by atoms with Crippen molar-refractivity contribution in [3.8, 4) is 0 Å². The minimum absolute atomic E-state index is 0.0279. The fraction of sp³-hybridized carbons (Fsp3) is 0.375. The van der Waals surface area contributed by atoms with Gasteiger partial charge in [0, 0.05) is 18.7 Å². The predicted molar refractivity (Wildman–Crippen MR) is 84.5 cm³/mol. The molecule has 1 fully saturated rings. The van der Waals surface area contributed by atoms with Gasteiger partial charge >= 0.3 is 12.1 Å². The van der Waals surface area contributed by atoms with E-state index in [0.717, 1.165) is 12.1 Å². The third-order valence-corrected chi connectivity index (χ3v) is 3.63. The molecule has 1 aromatic carbocycles. The molecule has 0 saturated carbocycles. The van der Waals surface area contributed by atoms with Crippen LogP contribution in [-0.4, -0.2) is 43.3 Å². The lowest BCUT2D eigenvalue weighted by Gasteiger charge is -2.31. The maximum Gasteiger partial charge on any atom is 0.416 e. The zero-order chi connectivity index (χ0) is 18.6. The first kappa shape index (κ1) is 18.8. The van der Waals surface area contributed by atoms with E-state index in [0.29, 0.717) is 32.0 Å². The first-order valence-electron chi connectivity index (χ1n) is 7.43. The van der Waals surface area contributed by atoms with Gasteiger partial charge in [0.2, 0.25) is 5.91 Å². The van der Waals surface area contributed by atoms with Gasteiger partial charge in [-0.1, -0.05) is 6.58 Å². The summed E-state index contributed by atoms with van der Waals surface area (Å²) in [6, 6.07) is 3.07. The highest BCUT2D eigenvalue weighted by molar-refractivity contribution is 6.00. The Kier molecular flexibility index (Phi) is 5.68. The Labute approximate surface area is 141 Å². The first-order chi connectivity index (χ1) is 11.7. The summed E-state index contributed by atoms with van der Waals surface area (Å²) < 4.78 is 44.1. The van der Waals surface area contributed by atoms with Crippen molar-refractivity contribution in [1.82, 2.24) is 0 Å². The second-order valence-electron chi connectivity index (χ2n) is 5.46. The number of amides is 1. The zero-order valence-corrected chi connectivity index (χ0v) is 13.2. The number of halogens is 3. The summed E-state index contributed by atoms with van der Waals surface area (Å²) >= 11 is 0. The molecule has 0 aromatic heterocycles. The maximum absolute atomic E-state index is 13.0. The van der Waals surface area contributed by atoms with E-state index in [1.807, 2.05) is 0 Å². The van der Waals surface area contributed by atoms with Gasteiger partial charge in [0.25, 0.3) is 0 Å². The second-order valence-corrected chi connectivity index (χ2v) is 5.46. The summed E-state index contributed by atoms with van der Waals surface area (Å²) in [4.78, 5) is 24.5. The summed E-state index contributed by atoms with van der Waals surface area (Å²) in [5.41, 5.74) is -0.861. The molecule has 9 heteroatoms. The number of carboxylic acid groups (broad SMARTS) is 1. The Hall–Kier alpha value is -2.55. The second kappa shape index (κ2) is 7.56. The number of nitrogens with zero attached hydrogens (tertiary/aromatic N) is 1. The summed E-state index contributed by atoms with van der Waals surface area (Å²) in [5.74, 6) is -2.09. The third kappa shape index (κ3) is 4.96. The lowest BCUT2D eigenvalue weighted by molar-refractivity contribution is -0.137. The van der Waals surface area contributed by atoms with E-state index in [-0.39, 0.29) is 11.3 Å².